The molecule has 0 radical (unpaired) electrons. The fourth-order valence-electron chi connectivity index (χ4n) is 3.92. The maximum Gasteiger partial charge on any atom is 0.409 e. The Hall–Kier alpha value is -4.28. The molecule has 0 fully saturated rings. The Balaban J connectivity index is 1.84. The zero-order valence-electron chi connectivity index (χ0n) is 21.3. The zero-order valence-corrected chi connectivity index (χ0v) is 22.1. The lowest BCUT2D eigenvalue weighted by molar-refractivity contribution is -0.142. The van der Waals surface area contributed by atoms with E-state index in [4.69, 9.17) is 4.74 Å². The van der Waals surface area contributed by atoms with Crippen LogP contribution in [0.4, 0.5) is 30.6 Å². The van der Waals surface area contributed by atoms with Gasteiger partial charge in [0.25, 0.3) is 11.5 Å². The number of aromatic nitrogens is 3. The largest absolute Gasteiger partial charge is 0.755 e. The molecular formula is C24H23F3N7O5S-. The molecule has 1 aliphatic rings. The van der Waals surface area contributed by atoms with Crippen LogP contribution in [-0.2, 0) is 17.8 Å². The second-order valence-electron chi connectivity index (χ2n) is 8.55. The number of halogens is 3. The predicted octanol–water partition coefficient (Wildman–Crippen LogP) is 2.68. The highest BCUT2D eigenvalue weighted by Gasteiger charge is 2.41. The monoisotopic (exact) mass is 578 g/mol. The molecule has 1 amide bonds. The lowest BCUT2D eigenvalue weighted by Crippen LogP contribution is -2.44. The number of hydrogen-bond acceptors (Lipinski definition) is 10. The maximum absolute atomic E-state index is 13.4. The Morgan fingerprint density at radius 2 is 2.02 bits per heavy atom. The Bertz CT molecular complexity index is 1560. The molecule has 0 bridgehead atoms. The average molecular weight is 579 g/mol. The fourth-order valence-corrected chi connectivity index (χ4v) is 4.18. The van der Waals surface area contributed by atoms with Crippen LogP contribution in [0.2, 0.25) is 0 Å². The van der Waals surface area contributed by atoms with E-state index in [0.717, 1.165) is 33.5 Å². The second-order valence-corrected chi connectivity index (χ2v) is 9.23. The van der Waals surface area contributed by atoms with Crippen LogP contribution in [0.25, 0.3) is 11.1 Å². The molecule has 2 unspecified atom stereocenters. The van der Waals surface area contributed by atoms with Crippen molar-refractivity contribution in [1.82, 2.24) is 24.7 Å². The number of amides is 1. The minimum Gasteiger partial charge on any atom is -0.755 e. The van der Waals surface area contributed by atoms with E-state index in [9.17, 15) is 31.5 Å². The predicted molar refractivity (Wildman–Crippen MR) is 139 cm³/mol. The molecule has 0 aliphatic carbocycles. The minimum atomic E-state index is -4.59. The highest BCUT2D eigenvalue weighted by atomic mass is 32.2. The topological polar surface area (TPSA) is 154 Å². The van der Waals surface area contributed by atoms with E-state index in [0.29, 0.717) is 11.4 Å². The summed E-state index contributed by atoms with van der Waals surface area (Å²) >= 11 is -2.98. The molecule has 1 aliphatic heterocycles. The quantitative estimate of drug-likeness (QED) is 0.340. The molecule has 0 spiro atoms. The van der Waals surface area contributed by atoms with Crippen molar-refractivity contribution in [2.45, 2.75) is 32.6 Å². The van der Waals surface area contributed by atoms with E-state index in [-0.39, 0.29) is 29.4 Å². The van der Waals surface area contributed by atoms with Gasteiger partial charge in [-0.25, -0.2) is 10.4 Å². The molecule has 2 atom stereocenters. The number of aryl methyl sites for hydroxylation is 2. The zero-order chi connectivity index (χ0) is 29.2. The number of ether oxygens (including phenoxy) is 1. The number of hydrogen-bond donors (Lipinski definition) is 3. The molecular weight excluding hydrogens is 555 g/mol. The van der Waals surface area contributed by atoms with Crippen molar-refractivity contribution >= 4 is 34.6 Å². The molecule has 4 rings (SSSR count). The van der Waals surface area contributed by atoms with Gasteiger partial charge in [-0.05, 0) is 43.7 Å². The summed E-state index contributed by atoms with van der Waals surface area (Å²) in [5.41, 5.74) is 2.78. The lowest BCUT2D eigenvalue weighted by Gasteiger charge is -2.23. The van der Waals surface area contributed by atoms with Crippen molar-refractivity contribution in [3.05, 3.63) is 70.4 Å². The van der Waals surface area contributed by atoms with Gasteiger partial charge in [-0.2, -0.15) is 18.2 Å². The van der Waals surface area contributed by atoms with Gasteiger partial charge < -0.3 is 19.2 Å². The first-order valence-corrected chi connectivity index (χ1v) is 12.7. The molecule has 3 heterocycles. The van der Waals surface area contributed by atoms with Gasteiger partial charge in [-0.15, -0.1) is 0 Å². The van der Waals surface area contributed by atoms with Gasteiger partial charge in [-0.3, -0.25) is 23.5 Å². The van der Waals surface area contributed by atoms with Crippen molar-refractivity contribution in [2.75, 3.05) is 17.4 Å². The number of anilines is 3. The van der Waals surface area contributed by atoms with Gasteiger partial charge in [0, 0.05) is 59.3 Å². The van der Waals surface area contributed by atoms with Crippen molar-refractivity contribution in [3.63, 3.8) is 0 Å². The number of alkyl halides is 3. The SMILES string of the molecule is CCn1cc(-c2cnc(Nc3cc(C)cc(OC)c3)nc2N2C=CC(C(F)(F)F)N2)cc(C(=O)NS(=O)[O-])c1=O. The van der Waals surface area contributed by atoms with Gasteiger partial charge in [0.2, 0.25) is 5.95 Å². The van der Waals surface area contributed by atoms with Crippen LogP contribution < -0.4 is 30.8 Å². The molecule has 3 N–H and O–H groups in total. The summed E-state index contributed by atoms with van der Waals surface area (Å²) < 4.78 is 70.3. The normalized spacial score (nSPS) is 15.7. The minimum absolute atomic E-state index is 0.0283. The molecule has 1 aromatic carbocycles. The summed E-state index contributed by atoms with van der Waals surface area (Å²) in [4.78, 5) is 33.9. The van der Waals surface area contributed by atoms with Crippen LogP contribution in [0.15, 0.2) is 53.7 Å². The van der Waals surface area contributed by atoms with Crippen molar-refractivity contribution < 1.29 is 31.5 Å². The van der Waals surface area contributed by atoms with Gasteiger partial charge in [0.1, 0.15) is 17.4 Å². The van der Waals surface area contributed by atoms with Gasteiger partial charge in [0.05, 0.1) is 7.11 Å². The summed E-state index contributed by atoms with van der Waals surface area (Å²) in [6.45, 7) is 3.58. The van der Waals surface area contributed by atoms with Crippen molar-refractivity contribution in [1.29, 1.82) is 0 Å². The number of methoxy groups -OCH3 is 1. The Morgan fingerprint density at radius 1 is 1.27 bits per heavy atom. The Morgan fingerprint density at radius 3 is 2.65 bits per heavy atom. The van der Waals surface area contributed by atoms with Crippen molar-refractivity contribution in [2.24, 2.45) is 0 Å². The third-order valence-corrected chi connectivity index (χ3v) is 6.11. The molecule has 212 valence electrons. The van der Waals surface area contributed by atoms with Gasteiger partial charge >= 0.3 is 6.18 Å². The Kier molecular flexibility index (Phi) is 8.22. The van der Waals surface area contributed by atoms with Crippen LogP contribution >= 0.6 is 0 Å². The molecule has 2 aromatic heterocycles. The van der Waals surface area contributed by atoms with E-state index in [1.54, 1.807) is 29.8 Å². The highest BCUT2D eigenvalue weighted by molar-refractivity contribution is 7.77. The van der Waals surface area contributed by atoms with E-state index in [1.807, 2.05) is 6.92 Å². The van der Waals surface area contributed by atoms with Crippen LogP contribution in [0.1, 0.15) is 22.8 Å². The van der Waals surface area contributed by atoms with Crippen LogP contribution in [0, 0.1) is 6.92 Å². The lowest BCUT2D eigenvalue weighted by atomic mass is 10.1. The molecule has 0 saturated heterocycles. The summed E-state index contributed by atoms with van der Waals surface area (Å²) in [5.74, 6) is -0.628. The number of rotatable bonds is 8. The van der Waals surface area contributed by atoms with Crippen LogP contribution in [0.5, 0.6) is 5.75 Å². The smallest absolute Gasteiger partial charge is 0.409 e. The summed E-state index contributed by atoms with van der Waals surface area (Å²) in [6, 6.07) is 4.40. The van der Waals surface area contributed by atoms with Crippen LogP contribution in [0.3, 0.4) is 0 Å². The number of hydrazine groups is 1. The summed E-state index contributed by atoms with van der Waals surface area (Å²) in [6.07, 6.45) is 0.135. The first-order valence-electron chi connectivity index (χ1n) is 11.6. The summed E-state index contributed by atoms with van der Waals surface area (Å²) in [7, 11) is 1.50. The van der Waals surface area contributed by atoms with E-state index in [2.05, 4.69) is 20.7 Å². The molecule has 40 heavy (non-hydrogen) atoms. The van der Waals surface area contributed by atoms with Gasteiger partial charge in [-0.1, -0.05) is 0 Å². The van der Waals surface area contributed by atoms with E-state index < -0.39 is 40.5 Å². The van der Waals surface area contributed by atoms with Gasteiger partial charge in [0.15, 0.2) is 5.82 Å². The first-order chi connectivity index (χ1) is 18.9. The molecule has 0 saturated carbocycles. The third-order valence-electron chi connectivity index (χ3n) is 5.76. The maximum atomic E-state index is 13.4. The number of carbonyl (C=O) groups is 1. The Labute approximate surface area is 228 Å². The molecule has 16 heteroatoms. The first kappa shape index (κ1) is 28.7. The molecule has 3 aromatic rings. The number of nitrogens with zero attached hydrogens (tertiary/aromatic N) is 4. The summed E-state index contributed by atoms with van der Waals surface area (Å²) in [5, 5.41) is 4.04. The van der Waals surface area contributed by atoms with Crippen LogP contribution in [-0.4, -0.2) is 48.5 Å². The van der Waals surface area contributed by atoms with E-state index >= 15 is 0 Å². The second kappa shape index (κ2) is 11.4. The highest BCUT2D eigenvalue weighted by Crippen LogP contribution is 2.33. The number of carbonyl (C=O) groups excluding carboxylic acids is 1. The number of pyridine rings is 1. The van der Waals surface area contributed by atoms with E-state index in [1.165, 1.54) is 19.5 Å². The number of benzene rings is 1. The average Bonchev–Trinajstić information content (AvgIpc) is 3.39. The molecule has 12 nitrogen and oxygen atoms in total. The van der Waals surface area contributed by atoms with Crippen molar-refractivity contribution in [3.8, 4) is 16.9 Å². The number of nitrogens with one attached hydrogen (secondary N) is 3. The standard InChI is InChI=1S/C24H24F3N7O5S/c1-4-33-12-14(9-17(22(33)36)21(35)32-40(37)38)18-11-28-23(29-15-7-13(2)8-16(10-15)39-3)30-20(18)34-6-5-19(31-34)24(25,26)27/h5-12,19,31H,4H2,1-3H3,(H,32,35)(H,37,38)(H,28,29,30)/p-1. The third kappa shape index (κ3) is 6.30. The fraction of sp³-hybridized carbons (Fsp3) is 0.250.